The van der Waals surface area contributed by atoms with Crippen LogP contribution in [0.25, 0.3) is 22.3 Å². The first-order chi connectivity index (χ1) is 18.6. The average molecular weight is 561 g/mol. The Morgan fingerprint density at radius 3 is 2.79 bits per heavy atom. The molecular formula is C25H26ClFN6O6. The molecule has 4 atom stereocenters. The summed E-state index contributed by atoms with van der Waals surface area (Å²) in [6.45, 7) is 3.90. The lowest BCUT2D eigenvalue weighted by molar-refractivity contribution is 0.00706. The van der Waals surface area contributed by atoms with Crippen LogP contribution in [0.2, 0.25) is 5.02 Å². The molecule has 0 saturated carbocycles. The quantitative estimate of drug-likeness (QED) is 0.293. The maximum atomic E-state index is 14.9. The number of ether oxygens (including phenoxy) is 4. The Labute approximate surface area is 226 Å². The van der Waals surface area contributed by atoms with Crippen molar-refractivity contribution in [2.45, 2.75) is 57.0 Å². The van der Waals surface area contributed by atoms with E-state index in [9.17, 15) is 14.6 Å². The number of rotatable bonds is 8. The molecule has 2 fully saturated rings. The van der Waals surface area contributed by atoms with Gasteiger partial charge in [-0.05, 0) is 26.0 Å². The van der Waals surface area contributed by atoms with Crippen molar-refractivity contribution in [2.24, 2.45) is 0 Å². The van der Waals surface area contributed by atoms with Gasteiger partial charge in [0.2, 0.25) is 5.88 Å². The molecule has 6 rings (SSSR count). The average Bonchev–Trinajstić information content (AvgIpc) is 3.64. The molecule has 12 nitrogen and oxygen atoms in total. The van der Waals surface area contributed by atoms with Gasteiger partial charge in [-0.15, -0.1) is 0 Å². The molecule has 4 aromatic heterocycles. The summed E-state index contributed by atoms with van der Waals surface area (Å²) in [5, 5.41) is 24.3. The minimum Gasteiger partial charge on any atom is -0.470 e. The Hall–Kier alpha value is -3.36. The van der Waals surface area contributed by atoms with Crippen LogP contribution in [-0.4, -0.2) is 83.2 Å². The molecule has 14 heteroatoms. The van der Waals surface area contributed by atoms with Gasteiger partial charge in [-0.25, -0.2) is 4.39 Å². The maximum absolute atomic E-state index is 14.9. The number of fused-ring (bicyclic) bond motifs is 2. The molecule has 0 bridgehead atoms. The highest BCUT2D eigenvalue weighted by Gasteiger charge is 2.48. The second-order valence-corrected chi connectivity index (χ2v) is 10.6. The fourth-order valence-electron chi connectivity index (χ4n) is 4.59. The number of aliphatic hydroxyl groups excluding tert-OH is 1. The third kappa shape index (κ3) is 5.40. The Balaban J connectivity index is 1.12. The van der Waals surface area contributed by atoms with Gasteiger partial charge in [0.05, 0.1) is 37.1 Å². The van der Waals surface area contributed by atoms with E-state index >= 15 is 0 Å². The molecule has 0 aromatic carbocycles. The van der Waals surface area contributed by atoms with E-state index < -0.39 is 29.7 Å². The van der Waals surface area contributed by atoms with Crippen molar-refractivity contribution < 1.29 is 33.6 Å². The number of H-pyrrole nitrogens is 1. The molecule has 4 aromatic rings. The molecule has 0 amide bonds. The van der Waals surface area contributed by atoms with Crippen LogP contribution >= 0.6 is 11.6 Å². The normalized spacial score (nSPS) is 22.9. The summed E-state index contributed by atoms with van der Waals surface area (Å²) in [6.07, 6.45) is 2.89. The number of aliphatic hydroxyl groups is 2. The van der Waals surface area contributed by atoms with Crippen molar-refractivity contribution in [2.75, 3.05) is 13.2 Å². The van der Waals surface area contributed by atoms with Crippen LogP contribution in [0.15, 0.2) is 30.7 Å². The smallest absolute Gasteiger partial charge is 0.296 e. The Morgan fingerprint density at radius 2 is 2.00 bits per heavy atom. The van der Waals surface area contributed by atoms with Crippen molar-refractivity contribution in [1.82, 2.24) is 29.7 Å². The van der Waals surface area contributed by atoms with Crippen molar-refractivity contribution in [1.29, 1.82) is 0 Å². The first-order valence-electron chi connectivity index (χ1n) is 12.3. The first kappa shape index (κ1) is 25.9. The lowest BCUT2D eigenvalue weighted by Gasteiger charge is -2.16. The predicted octanol–water partition coefficient (Wildman–Crippen LogP) is 2.26. The molecule has 0 aliphatic carbocycles. The van der Waals surface area contributed by atoms with E-state index in [0.717, 1.165) is 0 Å². The summed E-state index contributed by atoms with van der Waals surface area (Å²) in [6, 6.07) is 3.12. The maximum Gasteiger partial charge on any atom is 0.296 e. The minimum atomic E-state index is -0.930. The number of halogens is 2. The molecule has 206 valence electrons. The van der Waals surface area contributed by atoms with Crippen LogP contribution < -0.4 is 9.47 Å². The number of imidazole rings is 1. The highest BCUT2D eigenvalue weighted by atomic mass is 35.5. The third-order valence-electron chi connectivity index (χ3n) is 6.40. The summed E-state index contributed by atoms with van der Waals surface area (Å²) in [5.74, 6) is -0.501. The highest BCUT2D eigenvalue weighted by Crippen LogP contribution is 2.31. The molecule has 39 heavy (non-hydrogen) atoms. The van der Waals surface area contributed by atoms with E-state index in [4.69, 9.17) is 30.5 Å². The van der Waals surface area contributed by atoms with Crippen LogP contribution in [0.1, 0.15) is 19.5 Å². The summed E-state index contributed by atoms with van der Waals surface area (Å²) >= 11 is 6.35. The van der Waals surface area contributed by atoms with Crippen molar-refractivity contribution in [3.8, 4) is 23.0 Å². The van der Waals surface area contributed by atoms with E-state index in [2.05, 4.69) is 25.0 Å². The molecule has 2 aliphatic rings. The van der Waals surface area contributed by atoms with Crippen LogP contribution in [-0.2, 0) is 22.6 Å². The lowest BCUT2D eigenvalue weighted by Crippen LogP contribution is -2.34. The SMILES string of the molecule is CC(C)(O)Cn1cc(-c2cnc(COc3nc4nc(O[C@@H]5COC6C5OC[C@H]6O)[nH]c4cc3Cl)c(F)c2)cn1. The highest BCUT2D eigenvalue weighted by molar-refractivity contribution is 6.32. The van der Waals surface area contributed by atoms with E-state index in [1.807, 2.05) is 0 Å². The van der Waals surface area contributed by atoms with Crippen LogP contribution in [0.4, 0.5) is 4.39 Å². The van der Waals surface area contributed by atoms with E-state index in [1.54, 1.807) is 37.0 Å². The van der Waals surface area contributed by atoms with Crippen LogP contribution in [0.3, 0.4) is 0 Å². The van der Waals surface area contributed by atoms with Gasteiger partial charge in [0.1, 0.15) is 41.5 Å². The van der Waals surface area contributed by atoms with Gasteiger partial charge < -0.3 is 34.1 Å². The summed E-state index contributed by atoms with van der Waals surface area (Å²) in [7, 11) is 0. The molecule has 2 aliphatic heterocycles. The van der Waals surface area contributed by atoms with Gasteiger partial charge in [-0.1, -0.05) is 11.6 Å². The van der Waals surface area contributed by atoms with Crippen molar-refractivity contribution in [3.05, 3.63) is 47.3 Å². The summed E-state index contributed by atoms with van der Waals surface area (Å²) in [4.78, 5) is 15.9. The van der Waals surface area contributed by atoms with Gasteiger partial charge in [-0.2, -0.15) is 15.1 Å². The molecular weight excluding hydrogens is 535 g/mol. The van der Waals surface area contributed by atoms with E-state index in [1.165, 1.54) is 12.3 Å². The van der Waals surface area contributed by atoms with Gasteiger partial charge in [0, 0.05) is 23.5 Å². The van der Waals surface area contributed by atoms with Gasteiger partial charge in [0.15, 0.2) is 11.8 Å². The predicted molar refractivity (Wildman–Crippen MR) is 135 cm³/mol. The number of aromatic nitrogens is 6. The largest absolute Gasteiger partial charge is 0.470 e. The standard InChI is InChI=1S/C25H26ClFN6O6/c1-25(2,35)11-33-7-13(6-29-33)12-3-15(27)17(28-5-12)8-38-23-14(26)4-16-22(31-23)32-24(30-16)39-19-10-37-20-18(34)9-36-21(19)20/h3-7,18-21,34-35H,8-11H2,1-2H3,(H,30,31,32)/t18-,19-,20?,21?/m1/s1. The number of hydrogen-bond acceptors (Lipinski definition) is 10. The van der Waals surface area contributed by atoms with E-state index in [0.29, 0.717) is 28.8 Å². The van der Waals surface area contributed by atoms with E-state index in [-0.39, 0.29) is 48.5 Å². The summed E-state index contributed by atoms with van der Waals surface area (Å²) < 4.78 is 39.1. The molecule has 0 spiro atoms. The minimum absolute atomic E-state index is 0.0619. The zero-order chi connectivity index (χ0) is 27.3. The second kappa shape index (κ2) is 9.99. The van der Waals surface area contributed by atoms with Crippen LogP contribution in [0, 0.1) is 5.82 Å². The first-order valence-corrected chi connectivity index (χ1v) is 12.7. The zero-order valence-corrected chi connectivity index (χ0v) is 21.8. The third-order valence-corrected chi connectivity index (χ3v) is 6.67. The molecule has 0 radical (unpaired) electrons. The van der Waals surface area contributed by atoms with Gasteiger partial charge in [0.25, 0.3) is 6.01 Å². The second-order valence-electron chi connectivity index (χ2n) is 10.2. The number of nitrogens with one attached hydrogen (secondary N) is 1. The monoisotopic (exact) mass is 560 g/mol. The Kier molecular flexibility index (Phi) is 6.63. The molecule has 6 heterocycles. The van der Waals surface area contributed by atoms with Crippen molar-refractivity contribution >= 4 is 22.8 Å². The molecule has 2 unspecified atom stereocenters. The number of pyridine rings is 2. The number of hydrogen-bond donors (Lipinski definition) is 3. The lowest BCUT2D eigenvalue weighted by atomic mass is 10.1. The fourth-order valence-corrected chi connectivity index (χ4v) is 4.79. The van der Waals surface area contributed by atoms with Gasteiger partial charge >= 0.3 is 0 Å². The number of aromatic amines is 1. The molecule has 2 saturated heterocycles. The Bertz CT molecular complexity index is 1510. The van der Waals surface area contributed by atoms with Gasteiger partial charge in [-0.3, -0.25) is 9.67 Å². The number of nitrogens with zero attached hydrogens (tertiary/aromatic N) is 5. The fraction of sp³-hybridized carbons (Fsp3) is 0.440. The topological polar surface area (TPSA) is 150 Å². The zero-order valence-electron chi connectivity index (χ0n) is 21.0. The van der Waals surface area contributed by atoms with Crippen LogP contribution in [0.5, 0.6) is 11.9 Å². The van der Waals surface area contributed by atoms with Crippen molar-refractivity contribution in [3.63, 3.8) is 0 Å². The Morgan fingerprint density at radius 1 is 1.18 bits per heavy atom. The summed E-state index contributed by atoms with van der Waals surface area (Å²) in [5.41, 5.74) is 1.15. The molecule has 3 N–H and O–H groups in total.